The van der Waals surface area contributed by atoms with E-state index in [-0.39, 0.29) is 11.4 Å². The molecular weight excluding hydrogens is 308 g/mol. The number of allylic oxidation sites excluding steroid dienone is 1. The van der Waals surface area contributed by atoms with Crippen molar-refractivity contribution in [1.29, 1.82) is 0 Å². The fraction of sp³-hybridized carbons (Fsp3) is 0.348. The second kappa shape index (κ2) is 7.69. The third kappa shape index (κ3) is 4.82. The lowest BCUT2D eigenvalue weighted by atomic mass is 9.84. The maximum atomic E-state index is 11.7. The van der Waals surface area contributed by atoms with Crippen molar-refractivity contribution >= 4 is 17.6 Å². The molecule has 0 amide bonds. The van der Waals surface area contributed by atoms with Gasteiger partial charge in [-0.15, -0.1) is 0 Å². The van der Waals surface area contributed by atoms with Gasteiger partial charge in [-0.1, -0.05) is 57.2 Å². The van der Waals surface area contributed by atoms with E-state index in [0.717, 1.165) is 5.56 Å². The first-order valence-electron chi connectivity index (χ1n) is 8.79. The van der Waals surface area contributed by atoms with Gasteiger partial charge in [0.25, 0.3) is 0 Å². The fourth-order valence-electron chi connectivity index (χ4n) is 2.77. The Morgan fingerprint density at radius 2 is 1.72 bits per heavy atom. The SMILES string of the molecule is CCOC(=O)c1ccc(/C=C(\C)c2cc(C(C)(C)C)ccc2C)cc1. The minimum Gasteiger partial charge on any atom is -0.462 e. The smallest absolute Gasteiger partial charge is 0.338 e. The Labute approximate surface area is 151 Å². The molecule has 2 rings (SSSR count). The second-order valence-electron chi connectivity index (χ2n) is 7.45. The van der Waals surface area contributed by atoms with E-state index in [9.17, 15) is 4.79 Å². The number of aryl methyl sites for hydroxylation is 1. The van der Waals surface area contributed by atoms with Crippen LogP contribution in [0.2, 0.25) is 0 Å². The number of rotatable bonds is 4. The summed E-state index contributed by atoms with van der Waals surface area (Å²) in [5.74, 6) is -0.275. The van der Waals surface area contributed by atoms with Gasteiger partial charge in [0.05, 0.1) is 12.2 Å². The summed E-state index contributed by atoms with van der Waals surface area (Å²) in [6, 6.07) is 14.2. The molecular formula is C23H28O2. The van der Waals surface area contributed by atoms with Gasteiger partial charge < -0.3 is 4.74 Å². The van der Waals surface area contributed by atoms with Crippen LogP contribution < -0.4 is 0 Å². The molecule has 0 aromatic heterocycles. The molecule has 0 aliphatic rings. The molecule has 2 nitrogen and oxygen atoms in total. The normalized spacial score (nSPS) is 12.2. The molecule has 0 atom stereocenters. The van der Waals surface area contributed by atoms with Crippen LogP contribution in [0.4, 0.5) is 0 Å². The molecule has 25 heavy (non-hydrogen) atoms. The minimum atomic E-state index is -0.275. The molecule has 0 bridgehead atoms. The Hall–Kier alpha value is -2.35. The summed E-state index contributed by atoms with van der Waals surface area (Å²) < 4.78 is 5.02. The minimum absolute atomic E-state index is 0.129. The van der Waals surface area contributed by atoms with Gasteiger partial charge in [0, 0.05) is 0 Å². The van der Waals surface area contributed by atoms with Crippen LogP contribution in [0.5, 0.6) is 0 Å². The Balaban J connectivity index is 2.31. The Morgan fingerprint density at radius 1 is 1.08 bits per heavy atom. The summed E-state index contributed by atoms with van der Waals surface area (Å²) in [7, 11) is 0. The van der Waals surface area contributed by atoms with E-state index >= 15 is 0 Å². The first kappa shape index (κ1) is 19.0. The highest BCUT2D eigenvalue weighted by molar-refractivity contribution is 5.90. The van der Waals surface area contributed by atoms with E-state index in [4.69, 9.17) is 4.74 Å². The zero-order valence-corrected chi connectivity index (χ0v) is 16.1. The number of benzene rings is 2. The average Bonchev–Trinajstić information content (AvgIpc) is 2.55. The van der Waals surface area contributed by atoms with Crippen LogP contribution in [0.15, 0.2) is 42.5 Å². The lowest BCUT2D eigenvalue weighted by Gasteiger charge is -2.21. The number of hydrogen-bond donors (Lipinski definition) is 0. The molecule has 0 aliphatic carbocycles. The summed E-state index contributed by atoms with van der Waals surface area (Å²) in [5.41, 5.74) is 6.87. The van der Waals surface area contributed by atoms with Crippen molar-refractivity contribution in [3.05, 3.63) is 70.3 Å². The molecule has 0 saturated carbocycles. The molecule has 0 spiro atoms. The van der Waals surface area contributed by atoms with Gasteiger partial charge in [-0.2, -0.15) is 0 Å². The Morgan fingerprint density at radius 3 is 2.28 bits per heavy atom. The molecule has 132 valence electrons. The van der Waals surface area contributed by atoms with Crippen molar-refractivity contribution in [3.8, 4) is 0 Å². The van der Waals surface area contributed by atoms with Crippen LogP contribution in [0.1, 0.15) is 67.2 Å². The fourth-order valence-corrected chi connectivity index (χ4v) is 2.77. The molecule has 0 heterocycles. The van der Waals surface area contributed by atoms with Gasteiger partial charge in [-0.3, -0.25) is 0 Å². The number of ether oxygens (including phenoxy) is 1. The van der Waals surface area contributed by atoms with Crippen molar-refractivity contribution in [3.63, 3.8) is 0 Å². The largest absolute Gasteiger partial charge is 0.462 e. The first-order chi connectivity index (χ1) is 11.7. The van der Waals surface area contributed by atoms with Crippen LogP contribution in [0, 0.1) is 6.92 Å². The number of carbonyl (C=O) groups is 1. The van der Waals surface area contributed by atoms with Crippen molar-refractivity contribution in [2.75, 3.05) is 6.61 Å². The van der Waals surface area contributed by atoms with Crippen molar-refractivity contribution < 1.29 is 9.53 Å². The van der Waals surface area contributed by atoms with Crippen LogP contribution in [0.3, 0.4) is 0 Å². The van der Waals surface area contributed by atoms with Gasteiger partial charge in [0.1, 0.15) is 0 Å². The summed E-state index contributed by atoms with van der Waals surface area (Å²) in [6.45, 7) is 13.2. The second-order valence-corrected chi connectivity index (χ2v) is 7.45. The predicted molar refractivity (Wildman–Crippen MR) is 106 cm³/mol. The maximum absolute atomic E-state index is 11.7. The zero-order chi connectivity index (χ0) is 18.6. The van der Waals surface area contributed by atoms with E-state index in [2.05, 4.69) is 58.9 Å². The highest BCUT2D eigenvalue weighted by Crippen LogP contribution is 2.28. The topological polar surface area (TPSA) is 26.3 Å². The zero-order valence-electron chi connectivity index (χ0n) is 16.1. The van der Waals surface area contributed by atoms with E-state index in [0.29, 0.717) is 12.2 Å². The lowest BCUT2D eigenvalue weighted by Crippen LogP contribution is -2.11. The highest BCUT2D eigenvalue weighted by Gasteiger charge is 2.15. The molecule has 0 radical (unpaired) electrons. The molecule has 2 heteroatoms. The van der Waals surface area contributed by atoms with E-state index < -0.39 is 0 Å². The van der Waals surface area contributed by atoms with Crippen molar-refractivity contribution in [2.45, 2.75) is 47.0 Å². The van der Waals surface area contributed by atoms with Crippen LogP contribution in [0.25, 0.3) is 11.6 Å². The van der Waals surface area contributed by atoms with Crippen LogP contribution in [-0.4, -0.2) is 12.6 Å². The monoisotopic (exact) mass is 336 g/mol. The average molecular weight is 336 g/mol. The Kier molecular flexibility index (Phi) is 5.84. The quantitative estimate of drug-likeness (QED) is 0.503. The van der Waals surface area contributed by atoms with Gasteiger partial charge in [0.2, 0.25) is 0 Å². The van der Waals surface area contributed by atoms with Crippen molar-refractivity contribution in [2.24, 2.45) is 0 Å². The summed E-state index contributed by atoms with van der Waals surface area (Å²) in [6.07, 6.45) is 2.16. The molecule has 2 aromatic carbocycles. The summed E-state index contributed by atoms with van der Waals surface area (Å²) >= 11 is 0. The first-order valence-corrected chi connectivity index (χ1v) is 8.79. The van der Waals surface area contributed by atoms with Gasteiger partial charge in [-0.25, -0.2) is 4.79 Å². The maximum Gasteiger partial charge on any atom is 0.338 e. The third-order valence-electron chi connectivity index (χ3n) is 4.33. The Bertz CT molecular complexity index is 775. The predicted octanol–water partition coefficient (Wildman–Crippen LogP) is 6.03. The molecule has 0 N–H and O–H groups in total. The molecule has 0 aliphatic heterocycles. The molecule has 2 aromatic rings. The molecule has 0 fully saturated rings. The number of esters is 1. The van der Waals surface area contributed by atoms with Crippen LogP contribution in [-0.2, 0) is 10.2 Å². The van der Waals surface area contributed by atoms with E-state index in [1.54, 1.807) is 0 Å². The summed E-state index contributed by atoms with van der Waals surface area (Å²) in [5, 5.41) is 0. The third-order valence-corrected chi connectivity index (χ3v) is 4.33. The van der Waals surface area contributed by atoms with Gasteiger partial charge in [0.15, 0.2) is 0 Å². The number of hydrogen-bond acceptors (Lipinski definition) is 2. The van der Waals surface area contributed by atoms with Crippen molar-refractivity contribution in [1.82, 2.24) is 0 Å². The van der Waals surface area contributed by atoms with Gasteiger partial charge in [-0.05, 0) is 66.1 Å². The highest BCUT2D eigenvalue weighted by atomic mass is 16.5. The lowest BCUT2D eigenvalue weighted by molar-refractivity contribution is 0.0526. The van der Waals surface area contributed by atoms with Gasteiger partial charge >= 0.3 is 5.97 Å². The number of carbonyl (C=O) groups excluding carboxylic acids is 1. The van der Waals surface area contributed by atoms with E-state index in [1.807, 2.05) is 31.2 Å². The standard InChI is InChI=1S/C23H28O2/c1-7-25-22(24)19-11-9-18(10-12-19)14-17(3)21-15-20(23(4,5)6)13-8-16(21)2/h8-15H,7H2,1-6H3/b17-14+. The molecule has 0 unspecified atom stereocenters. The summed E-state index contributed by atoms with van der Waals surface area (Å²) in [4.78, 5) is 11.7. The van der Waals surface area contributed by atoms with Crippen LogP contribution >= 0.6 is 0 Å². The molecule has 0 saturated heterocycles. The van der Waals surface area contributed by atoms with E-state index in [1.165, 1.54) is 22.3 Å².